The van der Waals surface area contributed by atoms with Crippen molar-refractivity contribution in [1.82, 2.24) is 14.9 Å². The minimum atomic E-state index is -2.75. The maximum Gasteiger partial charge on any atom is 0.280 e. The second kappa shape index (κ2) is 9.70. The van der Waals surface area contributed by atoms with Gasteiger partial charge in [0.1, 0.15) is 17.1 Å². The van der Waals surface area contributed by atoms with Crippen LogP contribution in [0.1, 0.15) is 12.1 Å². The minimum Gasteiger partial charge on any atom is -0.482 e. The number of halogens is 4. The van der Waals surface area contributed by atoms with Gasteiger partial charge in [0, 0.05) is 31.2 Å². The molecule has 1 amide bonds. The van der Waals surface area contributed by atoms with Crippen molar-refractivity contribution in [3.8, 4) is 17.2 Å². The molecule has 0 bridgehead atoms. The van der Waals surface area contributed by atoms with Gasteiger partial charge in [0.25, 0.3) is 12.3 Å². The summed E-state index contributed by atoms with van der Waals surface area (Å²) < 4.78 is 37.5. The van der Waals surface area contributed by atoms with E-state index in [-0.39, 0.29) is 29.9 Å². The van der Waals surface area contributed by atoms with Gasteiger partial charge < -0.3 is 19.0 Å². The van der Waals surface area contributed by atoms with Gasteiger partial charge in [-0.2, -0.15) is 0 Å². The molecule has 168 valence electrons. The first-order valence-electron chi connectivity index (χ1n) is 9.72. The molecule has 1 aromatic carbocycles. The Bertz CT molecular complexity index is 1090. The predicted octanol–water partition coefficient (Wildman–Crippen LogP) is 4.71. The van der Waals surface area contributed by atoms with Gasteiger partial charge in [-0.1, -0.05) is 23.2 Å². The maximum atomic E-state index is 13.4. The first-order chi connectivity index (χ1) is 15.4. The average Bonchev–Trinajstić information content (AvgIpc) is 3.33. The Hall–Kier alpha value is -2.91. The Morgan fingerprint density at radius 2 is 1.91 bits per heavy atom. The fourth-order valence-electron chi connectivity index (χ4n) is 3.24. The number of amides is 1. The molecular weight excluding hydrogens is 465 g/mol. The van der Waals surface area contributed by atoms with Gasteiger partial charge in [0.05, 0.1) is 11.3 Å². The fraction of sp³-hybridized carbons (Fsp3) is 0.286. The summed E-state index contributed by atoms with van der Waals surface area (Å²) in [6.07, 6.45) is -1.30. The van der Waals surface area contributed by atoms with Crippen LogP contribution in [0.25, 0.3) is 11.5 Å². The number of furan rings is 1. The van der Waals surface area contributed by atoms with E-state index in [9.17, 15) is 13.6 Å². The minimum absolute atomic E-state index is 0.172. The van der Waals surface area contributed by atoms with Crippen LogP contribution in [-0.2, 0) is 4.79 Å². The highest BCUT2D eigenvalue weighted by atomic mass is 35.5. The van der Waals surface area contributed by atoms with E-state index < -0.39 is 6.43 Å². The second-order valence-electron chi connectivity index (χ2n) is 6.99. The number of benzene rings is 1. The zero-order valence-corrected chi connectivity index (χ0v) is 18.2. The summed E-state index contributed by atoms with van der Waals surface area (Å²) in [6, 6.07) is 9.27. The van der Waals surface area contributed by atoms with E-state index in [2.05, 4.69) is 9.97 Å². The van der Waals surface area contributed by atoms with Crippen molar-refractivity contribution in [1.29, 1.82) is 0 Å². The molecule has 11 heteroatoms. The Labute approximate surface area is 192 Å². The second-order valence-corrected chi connectivity index (χ2v) is 7.83. The number of carbonyl (C=O) groups is 1. The summed E-state index contributed by atoms with van der Waals surface area (Å²) in [6.45, 7) is 1.33. The first kappa shape index (κ1) is 22.3. The number of carbonyl (C=O) groups excluding carboxylic acids is 1. The van der Waals surface area contributed by atoms with Gasteiger partial charge in [-0.25, -0.2) is 18.7 Å². The van der Waals surface area contributed by atoms with Crippen molar-refractivity contribution in [2.45, 2.75) is 6.43 Å². The van der Waals surface area contributed by atoms with Crippen LogP contribution in [0.3, 0.4) is 0 Å². The lowest BCUT2D eigenvalue weighted by Gasteiger charge is -2.34. The molecule has 3 aromatic rings. The zero-order valence-electron chi connectivity index (χ0n) is 16.7. The Morgan fingerprint density at radius 3 is 2.56 bits per heavy atom. The standard InChI is InChI=1S/C21H18Cl2F2N4O3/c22-13-3-4-17(14(23)10-13)32-12-19(30)28-5-7-29(8-6-28)21-26-15(18-2-1-9-31-18)11-16(27-21)20(24)25/h1-4,9-11,20H,5-8,12H2. The molecule has 2 aromatic heterocycles. The number of alkyl halides is 2. The molecule has 1 saturated heterocycles. The van der Waals surface area contributed by atoms with Crippen molar-refractivity contribution in [3.05, 3.63) is 58.4 Å². The quantitative estimate of drug-likeness (QED) is 0.506. The number of ether oxygens (including phenoxy) is 1. The van der Waals surface area contributed by atoms with Crippen molar-refractivity contribution in [3.63, 3.8) is 0 Å². The third kappa shape index (κ3) is 5.11. The number of hydrogen-bond acceptors (Lipinski definition) is 6. The summed E-state index contributed by atoms with van der Waals surface area (Å²) in [5, 5.41) is 0.789. The van der Waals surface area contributed by atoms with Crippen LogP contribution in [0.4, 0.5) is 14.7 Å². The van der Waals surface area contributed by atoms with Gasteiger partial charge in [-0.15, -0.1) is 0 Å². The van der Waals surface area contributed by atoms with Gasteiger partial charge >= 0.3 is 0 Å². The molecule has 0 saturated carbocycles. The van der Waals surface area contributed by atoms with Crippen LogP contribution in [0.15, 0.2) is 47.1 Å². The van der Waals surface area contributed by atoms with Crippen LogP contribution in [0, 0.1) is 0 Å². The highest BCUT2D eigenvalue weighted by Gasteiger charge is 2.25. The molecule has 7 nitrogen and oxygen atoms in total. The predicted molar refractivity (Wildman–Crippen MR) is 115 cm³/mol. The molecule has 0 aliphatic carbocycles. The lowest BCUT2D eigenvalue weighted by Crippen LogP contribution is -2.50. The number of rotatable bonds is 6. The van der Waals surface area contributed by atoms with E-state index in [1.165, 1.54) is 18.4 Å². The van der Waals surface area contributed by atoms with Crippen LogP contribution < -0.4 is 9.64 Å². The normalized spacial score (nSPS) is 14.2. The SMILES string of the molecule is O=C(COc1ccc(Cl)cc1Cl)N1CCN(c2nc(-c3ccco3)cc(C(F)F)n2)CC1. The molecule has 0 unspecified atom stereocenters. The molecule has 0 N–H and O–H groups in total. The third-order valence-electron chi connectivity index (χ3n) is 4.89. The number of hydrogen-bond donors (Lipinski definition) is 0. The summed E-state index contributed by atoms with van der Waals surface area (Å²) >= 11 is 11.9. The van der Waals surface area contributed by atoms with E-state index in [1.54, 1.807) is 34.1 Å². The smallest absolute Gasteiger partial charge is 0.280 e. The zero-order chi connectivity index (χ0) is 22.7. The summed E-state index contributed by atoms with van der Waals surface area (Å²) in [4.78, 5) is 24.3. The van der Waals surface area contributed by atoms with E-state index in [0.29, 0.717) is 47.7 Å². The van der Waals surface area contributed by atoms with Gasteiger partial charge in [-0.3, -0.25) is 4.79 Å². The average molecular weight is 483 g/mol. The number of nitrogens with zero attached hydrogens (tertiary/aromatic N) is 4. The molecule has 1 aliphatic heterocycles. The van der Waals surface area contributed by atoms with Crippen molar-refractivity contribution >= 4 is 35.1 Å². The number of aromatic nitrogens is 2. The monoisotopic (exact) mass is 482 g/mol. The molecule has 0 atom stereocenters. The summed E-state index contributed by atoms with van der Waals surface area (Å²) in [5.41, 5.74) is -0.102. The van der Waals surface area contributed by atoms with Crippen LogP contribution in [0.2, 0.25) is 10.0 Å². The lowest BCUT2D eigenvalue weighted by molar-refractivity contribution is -0.133. The first-order valence-corrected chi connectivity index (χ1v) is 10.5. The van der Waals surface area contributed by atoms with Crippen LogP contribution in [-0.4, -0.2) is 53.6 Å². The van der Waals surface area contributed by atoms with E-state index in [0.717, 1.165) is 0 Å². The van der Waals surface area contributed by atoms with E-state index >= 15 is 0 Å². The molecule has 1 aliphatic rings. The molecular formula is C21H18Cl2F2N4O3. The van der Waals surface area contributed by atoms with Crippen molar-refractivity contribution in [2.24, 2.45) is 0 Å². The molecule has 32 heavy (non-hydrogen) atoms. The molecule has 0 radical (unpaired) electrons. The lowest BCUT2D eigenvalue weighted by atomic mass is 10.2. The Morgan fingerprint density at radius 1 is 1.12 bits per heavy atom. The highest BCUT2D eigenvalue weighted by Crippen LogP contribution is 2.28. The number of anilines is 1. The van der Waals surface area contributed by atoms with Crippen molar-refractivity contribution < 1.29 is 22.7 Å². The summed E-state index contributed by atoms with van der Waals surface area (Å²) in [5.74, 6) is 0.702. The Kier molecular flexibility index (Phi) is 6.76. The van der Waals surface area contributed by atoms with Gasteiger partial charge in [-0.05, 0) is 36.4 Å². The van der Waals surface area contributed by atoms with Gasteiger partial charge in [0.15, 0.2) is 12.4 Å². The van der Waals surface area contributed by atoms with Crippen LogP contribution in [0.5, 0.6) is 5.75 Å². The largest absolute Gasteiger partial charge is 0.482 e. The molecule has 4 rings (SSSR count). The summed E-state index contributed by atoms with van der Waals surface area (Å²) in [7, 11) is 0. The third-order valence-corrected chi connectivity index (χ3v) is 5.42. The maximum absolute atomic E-state index is 13.4. The molecule has 1 fully saturated rings. The highest BCUT2D eigenvalue weighted by molar-refractivity contribution is 6.35. The number of piperazine rings is 1. The Balaban J connectivity index is 1.39. The topological polar surface area (TPSA) is 71.7 Å². The molecule has 0 spiro atoms. The van der Waals surface area contributed by atoms with E-state index in [1.807, 2.05) is 0 Å². The van der Waals surface area contributed by atoms with E-state index in [4.69, 9.17) is 32.4 Å². The fourth-order valence-corrected chi connectivity index (χ4v) is 3.70. The van der Waals surface area contributed by atoms with Crippen molar-refractivity contribution in [2.75, 3.05) is 37.7 Å². The van der Waals surface area contributed by atoms with Crippen LogP contribution >= 0.6 is 23.2 Å². The van der Waals surface area contributed by atoms with Gasteiger partial charge in [0.2, 0.25) is 5.95 Å². The molecule has 3 heterocycles.